The van der Waals surface area contributed by atoms with E-state index in [4.69, 9.17) is 0 Å². The maximum Gasteiger partial charge on any atom is 0.251 e. The van der Waals surface area contributed by atoms with Crippen LogP contribution in [0.1, 0.15) is 62.4 Å². The highest BCUT2D eigenvalue weighted by Crippen LogP contribution is 2.24. The van der Waals surface area contributed by atoms with Crippen molar-refractivity contribution in [2.24, 2.45) is 11.8 Å². The van der Waals surface area contributed by atoms with Gasteiger partial charge in [-0.15, -0.1) is 0 Å². The summed E-state index contributed by atoms with van der Waals surface area (Å²) in [5, 5.41) is 16.3. The van der Waals surface area contributed by atoms with Gasteiger partial charge in [-0.3, -0.25) is 4.79 Å². The molecule has 134 valence electrons. The maximum absolute atomic E-state index is 12.6. The zero-order valence-electron chi connectivity index (χ0n) is 15.4. The van der Waals surface area contributed by atoms with Crippen LogP contribution >= 0.6 is 0 Å². The van der Waals surface area contributed by atoms with Crippen LogP contribution in [0.5, 0.6) is 0 Å². The Bertz CT molecular complexity index is 557. The molecule has 0 aromatic heterocycles. The molecule has 1 aliphatic rings. The molecule has 1 saturated carbocycles. The predicted octanol–water partition coefficient (Wildman–Crippen LogP) is 3.73. The van der Waals surface area contributed by atoms with E-state index in [1.54, 1.807) is 0 Å². The van der Waals surface area contributed by atoms with Crippen LogP contribution in [0.15, 0.2) is 18.2 Å². The Morgan fingerprint density at radius 2 is 2.04 bits per heavy atom. The fourth-order valence-electron chi connectivity index (χ4n) is 3.23. The van der Waals surface area contributed by atoms with Gasteiger partial charge < -0.3 is 15.7 Å². The molecule has 3 unspecified atom stereocenters. The number of aliphatic hydroxyl groups is 1. The molecule has 1 aliphatic carbocycles. The third-order valence-electron chi connectivity index (χ3n) is 5.27. The van der Waals surface area contributed by atoms with Crippen LogP contribution < -0.4 is 10.6 Å². The number of hydrogen-bond donors (Lipinski definition) is 3. The molecular formula is C20H32N2O2. The number of rotatable bonds is 6. The van der Waals surface area contributed by atoms with Crippen LogP contribution in [0.2, 0.25) is 0 Å². The first-order chi connectivity index (χ1) is 11.4. The molecule has 0 heterocycles. The third-order valence-corrected chi connectivity index (χ3v) is 5.27. The number of nitrogens with one attached hydrogen (secondary N) is 2. The van der Waals surface area contributed by atoms with Crippen LogP contribution in [0, 0.1) is 18.8 Å². The van der Waals surface area contributed by atoms with E-state index in [0.29, 0.717) is 24.4 Å². The molecule has 4 heteroatoms. The number of carbonyl (C=O) groups excluding carboxylic acids is 1. The van der Waals surface area contributed by atoms with Crippen molar-refractivity contribution < 1.29 is 9.90 Å². The van der Waals surface area contributed by atoms with E-state index in [1.807, 2.05) is 25.1 Å². The molecule has 0 bridgehead atoms. The van der Waals surface area contributed by atoms with Crippen LogP contribution in [-0.4, -0.2) is 29.7 Å². The van der Waals surface area contributed by atoms with Crippen LogP contribution in [0.25, 0.3) is 0 Å². The van der Waals surface area contributed by atoms with Crippen molar-refractivity contribution in [3.05, 3.63) is 29.3 Å². The molecular weight excluding hydrogens is 300 g/mol. The molecule has 0 saturated heterocycles. The van der Waals surface area contributed by atoms with E-state index in [2.05, 4.69) is 31.4 Å². The van der Waals surface area contributed by atoms with Crippen molar-refractivity contribution in [1.29, 1.82) is 0 Å². The summed E-state index contributed by atoms with van der Waals surface area (Å²) in [4.78, 5) is 12.6. The van der Waals surface area contributed by atoms with Gasteiger partial charge in [-0.05, 0) is 62.6 Å². The van der Waals surface area contributed by atoms with Gasteiger partial charge in [0, 0.05) is 23.8 Å². The minimum absolute atomic E-state index is 0.0200. The quantitative estimate of drug-likeness (QED) is 0.744. The fraction of sp³-hybridized carbons (Fsp3) is 0.650. The standard InChI is InChI=1S/C20H32N2O2/c1-13(2)15(4)22-19-10-6-9-18(14(19)3)20(24)21-12-16-7-5-8-17(23)11-16/h6,9-10,13,15-17,22-23H,5,7-8,11-12H2,1-4H3,(H,21,24). The Hall–Kier alpha value is -1.55. The smallest absolute Gasteiger partial charge is 0.251 e. The second-order valence-corrected chi connectivity index (χ2v) is 7.55. The summed E-state index contributed by atoms with van der Waals surface area (Å²) in [5.41, 5.74) is 2.75. The monoisotopic (exact) mass is 332 g/mol. The lowest BCUT2D eigenvalue weighted by atomic mass is 9.87. The highest BCUT2D eigenvalue weighted by atomic mass is 16.3. The molecule has 1 aromatic carbocycles. The summed E-state index contributed by atoms with van der Waals surface area (Å²) in [6.45, 7) is 9.17. The summed E-state index contributed by atoms with van der Waals surface area (Å²) in [5.74, 6) is 0.897. The van der Waals surface area contributed by atoms with Crippen molar-refractivity contribution in [3.8, 4) is 0 Å². The number of amides is 1. The number of aliphatic hydroxyl groups excluding tert-OH is 1. The SMILES string of the molecule is Cc1c(NC(C)C(C)C)cccc1C(=O)NCC1CCCC(O)C1. The molecule has 0 aliphatic heterocycles. The number of carbonyl (C=O) groups is 1. The average Bonchev–Trinajstić information content (AvgIpc) is 2.54. The van der Waals surface area contributed by atoms with Crippen LogP contribution in [-0.2, 0) is 0 Å². The molecule has 3 N–H and O–H groups in total. The molecule has 24 heavy (non-hydrogen) atoms. The van der Waals surface area contributed by atoms with Gasteiger partial charge in [-0.25, -0.2) is 0 Å². The number of benzene rings is 1. The minimum Gasteiger partial charge on any atom is -0.393 e. The van der Waals surface area contributed by atoms with Gasteiger partial charge >= 0.3 is 0 Å². The van der Waals surface area contributed by atoms with E-state index in [1.165, 1.54) is 0 Å². The summed E-state index contributed by atoms with van der Waals surface area (Å²) >= 11 is 0. The minimum atomic E-state index is -0.201. The first-order valence-electron chi connectivity index (χ1n) is 9.21. The first kappa shape index (κ1) is 18.8. The number of hydrogen-bond acceptors (Lipinski definition) is 3. The van der Waals surface area contributed by atoms with E-state index < -0.39 is 0 Å². The second kappa shape index (κ2) is 8.52. The van der Waals surface area contributed by atoms with Gasteiger partial charge in [0.15, 0.2) is 0 Å². The molecule has 1 fully saturated rings. The van der Waals surface area contributed by atoms with Crippen molar-refractivity contribution >= 4 is 11.6 Å². The van der Waals surface area contributed by atoms with Gasteiger partial charge in [-0.1, -0.05) is 26.3 Å². The van der Waals surface area contributed by atoms with Crippen LogP contribution in [0.3, 0.4) is 0 Å². The summed E-state index contributed by atoms with van der Waals surface area (Å²) in [6, 6.07) is 6.20. The van der Waals surface area contributed by atoms with E-state index in [9.17, 15) is 9.90 Å². The average molecular weight is 332 g/mol. The van der Waals surface area contributed by atoms with Gasteiger partial charge in [-0.2, -0.15) is 0 Å². The van der Waals surface area contributed by atoms with E-state index in [0.717, 1.165) is 42.5 Å². The Kier molecular flexibility index (Phi) is 6.67. The van der Waals surface area contributed by atoms with Gasteiger partial charge in [0.25, 0.3) is 5.91 Å². The van der Waals surface area contributed by atoms with Crippen molar-refractivity contribution in [2.45, 2.75) is 65.5 Å². The fourth-order valence-corrected chi connectivity index (χ4v) is 3.23. The van der Waals surface area contributed by atoms with Crippen molar-refractivity contribution in [3.63, 3.8) is 0 Å². The molecule has 1 aromatic rings. The second-order valence-electron chi connectivity index (χ2n) is 7.55. The third kappa shape index (κ3) is 4.97. The van der Waals surface area contributed by atoms with Gasteiger partial charge in [0.2, 0.25) is 0 Å². The lowest BCUT2D eigenvalue weighted by molar-refractivity contribution is 0.0873. The molecule has 3 atom stereocenters. The van der Waals surface area contributed by atoms with Crippen molar-refractivity contribution in [2.75, 3.05) is 11.9 Å². The van der Waals surface area contributed by atoms with E-state index in [-0.39, 0.29) is 12.0 Å². The Morgan fingerprint density at radius 1 is 1.29 bits per heavy atom. The largest absolute Gasteiger partial charge is 0.393 e. The lowest BCUT2D eigenvalue weighted by Crippen LogP contribution is -2.33. The normalized spacial score (nSPS) is 22.2. The van der Waals surface area contributed by atoms with Crippen LogP contribution in [0.4, 0.5) is 5.69 Å². The summed E-state index contributed by atoms with van der Waals surface area (Å²) < 4.78 is 0. The topological polar surface area (TPSA) is 61.4 Å². The van der Waals surface area contributed by atoms with E-state index >= 15 is 0 Å². The molecule has 0 spiro atoms. The number of anilines is 1. The highest BCUT2D eigenvalue weighted by Gasteiger charge is 2.21. The molecule has 2 rings (SSSR count). The Labute approximate surface area is 146 Å². The summed E-state index contributed by atoms with van der Waals surface area (Å²) in [6.07, 6.45) is 3.63. The molecule has 1 amide bonds. The van der Waals surface area contributed by atoms with Gasteiger partial charge in [0.05, 0.1) is 6.10 Å². The zero-order valence-corrected chi connectivity index (χ0v) is 15.4. The lowest BCUT2D eigenvalue weighted by Gasteiger charge is -2.26. The first-order valence-corrected chi connectivity index (χ1v) is 9.21. The highest BCUT2D eigenvalue weighted by molar-refractivity contribution is 5.97. The summed E-state index contributed by atoms with van der Waals surface area (Å²) in [7, 11) is 0. The predicted molar refractivity (Wildman–Crippen MR) is 99.4 cm³/mol. The Balaban J connectivity index is 1.98. The molecule has 0 radical (unpaired) electrons. The van der Waals surface area contributed by atoms with Gasteiger partial charge in [0.1, 0.15) is 0 Å². The van der Waals surface area contributed by atoms with Crippen molar-refractivity contribution in [1.82, 2.24) is 5.32 Å². The molecule has 4 nitrogen and oxygen atoms in total. The Morgan fingerprint density at radius 3 is 2.71 bits per heavy atom. The maximum atomic E-state index is 12.6. The zero-order chi connectivity index (χ0) is 17.7.